The predicted octanol–water partition coefficient (Wildman–Crippen LogP) is 2.53. The summed E-state index contributed by atoms with van der Waals surface area (Å²) in [5, 5.41) is 11.0. The van der Waals surface area contributed by atoms with E-state index in [2.05, 4.69) is 4.98 Å². The van der Waals surface area contributed by atoms with E-state index in [9.17, 15) is 14.7 Å². The Kier molecular flexibility index (Phi) is 2.99. The minimum Gasteiger partial charge on any atom is -0.494 e. The lowest BCUT2D eigenvalue weighted by Crippen LogP contribution is -2.31. The summed E-state index contributed by atoms with van der Waals surface area (Å²) in [7, 11) is 0. The van der Waals surface area contributed by atoms with Crippen molar-refractivity contribution in [3.8, 4) is 17.0 Å². The van der Waals surface area contributed by atoms with Gasteiger partial charge in [-0.15, -0.1) is 0 Å². The summed E-state index contributed by atoms with van der Waals surface area (Å²) in [5.74, 6) is -0.290. The lowest BCUT2D eigenvalue weighted by molar-refractivity contribution is 0.386. The molecule has 0 bridgehead atoms. The van der Waals surface area contributed by atoms with Gasteiger partial charge in [0.2, 0.25) is 5.88 Å². The quantitative estimate of drug-likeness (QED) is 0.895. The van der Waals surface area contributed by atoms with E-state index in [-0.39, 0.29) is 22.9 Å². The molecule has 1 heterocycles. The summed E-state index contributed by atoms with van der Waals surface area (Å²) in [6.45, 7) is 4.02. The number of aromatic amines is 1. The molecular formula is C15H15ClN2O3. The second-order valence-corrected chi connectivity index (χ2v) is 6.48. The van der Waals surface area contributed by atoms with Crippen molar-refractivity contribution < 1.29 is 5.11 Å². The van der Waals surface area contributed by atoms with Gasteiger partial charge in [-0.05, 0) is 29.5 Å². The van der Waals surface area contributed by atoms with Gasteiger partial charge in [-0.2, -0.15) is 0 Å². The van der Waals surface area contributed by atoms with Crippen molar-refractivity contribution in [2.75, 3.05) is 0 Å². The van der Waals surface area contributed by atoms with Crippen LogP contribution in [0.2, 0.25) is 5.02 Å². The Hall–Kier alpha value is -2.01. The van der Waals surface area contributed by atoms with Crippen LogP contribution < -0.4 is 11.2 Å². The van der Waals surface area contributed by atoms with Crippen LogP contribution in [0.15, 0.2) is 33.9 Å². The first kappa shape index (κ1) is 13.9. The van der Waals surface area contributed by atoms with Gasteiger partial charge in [-0.3, -0.25) is 14.3 Å². The second-order valence-electron chi connectivity index (χ2n) is 6.04. The van der Waals surface area contributed by atoms with Gasteiger partial charge < -0.3 is 5.11 Å². The van der Waals surface area contributed by atoms with E-state index in [0.29, 0.717) is 10.6 Å². The smallest absolute Gasteiger partial charge is 0.331 e. The van der Waals surface area contributed by atoms with Crippen LogP contribution in [-0.2, 0) is 0 Å². The number of nitrogens with one attached hydrogen (secondary N) is 1. The third-order valence-corrected chi connectivity index (χ3v) is 4.28. The molecule has 6 heteroatoms. The van der Waals surface area contributed by atoms with Crippen molar-refractivity contribution in [1.82, 2.24) is 9.55 Å². The Labute approximate surface area is 125 Å². The number of hydrogen-bond donors (Lipinski definition) is 2. The fourth-order valence-electron chi connectivity index (χ4n) is 2.58. The average molecular weight is 307 g/mol. The molecule has 2 aromatic rings. The topological polar surface area (TPSA) is 75.1 Å². The van der Waals surface area contributed by atoms with Crippen molar-refractivity contribution in [3.05, 3.63) is 50.1 Å². The molecule has 0 saturated heterocycles. The summed E-state index contributed by atoms with van der Waals surface area (Å²) < 4.78 is 1.27. The summed E-state index contributed by atoms with van der Waals surface area (Å²) >= 11 is 5.83. The van der Waals surface area contributed by atoms with Gasteiger partial charge in [0.05, 0.1) is 0 Å². The molecule has 0 aliphatic heterocycles. The lowest BCUT2D eigenvalue weighted by atomic mass is 10.1. The summed E-state index contributed by atoms with van der Waals surface area (Å²) in [5.41, 5.74) is -0.628. The van der Waals surface area contributed by atoms with Gasteiger partial charge >= 0.3 is 5.69 Å². The zero-order valence-electron chi connectivity index (χ0n) is 11.7. The molecule has 110 valence electrons. The van der Waals surface area contributed by atoms with Crippen LogP contribution >= 0.6 is 11.6 Å². The number of aromatic hydroxyl groups is 1. The van der Waals surface area contributed by atoms with Crippen LogP contribution in [-0.4, -0.2) is 14.7 Å². The molecule has 3 rings (SSSR count). The number of rotatable bonds is 2. The Morgan fingerprint density at radius 2 is 1.86 bits per heavy atom. The van der Waals surface area contributed by atoms with E-state index >= 15 is 0 Å². The Bertz CT molecular complexity index is 818. The van der Waals surface area contributed by atoms with E-state index in [0.717, 1.165) is 6.42 Å². The molecule has 1 aliphatic rings. The minimum atomic E-state index is -0.602. The highest BCUT2D eigenvalue weighted by atomic mass is 35.5. The first-order valence-corrected chi connectivity index (χ1v) is 7.03. The number of halogens is 1. The van der Waals surface area contributed by atoms with Crippen molar-refractivity contribution in [3.63, 3.8) is 0 Å². The maximum Gasteiger partial charge on any atom is 0.331 e. The largest absolute Gasteiger partial charge is 0.494 e. The molecule has 1 aromatic carbocycles. The Morgan fingerprint density at radius 3 is 2.38 bits per heavy atom. The van der Waals surface area contributed by atoms with E-state index in [1.165, 1.54) is 4.57 Å². The van der Waals surface area contributed by atoms with E-state index in [4.69, 9.17) is 11.6 Å². The van der Waals surface area contributed by atoms with Crippen molar-refractivity contribution >= 4 is 11.6 Å². The lowest BCUT2D eigenvalue weighted by Gasteiger charge is -2.13. The van der Waals surface area contributed by atoms with Crippen molar-refractivity contribution in [2.24, 2.45) is 5.41 Å². The highest BCUT2D eigenvalue weighted by Crippen LogP contribution is 2.56. The Balaban J connectivity index is 2.22. The zero-order chi connectivity index (χ0) is 15.4. The fraction of sp³-hybridized carbons (Fsp3) is 0.333. The van der Waals surface area contributed by atoms with Gasteiger partial charge in [-0.25, -0.2) is 4.79 Å². The van der Waals surface area contributed by atoms with Crippen molar-refractivity contribution in [2.45, 2.75) is 26.3 Å². The molecule has 5 nitrogen and oxygen atoms in total. The first-order chi connectivity index (χ1) is 9.81. The molecular weight excluding hydrogens is 292 g/mol. The highest BCUT2D eigenvalue weighted by molar-refractivity contribution is 6.30. The summed E-state index contributed by atoms with van der Waals surface area (Å²) in [6, 6.07) is 6.44. The second kappa shape index (κ2) is 4.49. The average Bonchev–Trinajstić information content (AvgIpc) is 2.99. The minimum absolute atomic E-state index is 0.0587. The maximum absolute atomic E-state index is 12.0. The fourth-order valence-corrected chi connectivity index (χ4v) is 2.71. The van der Waals surface area contributed by atoms with Crippen LogP contribution in [0, 0.1) is 5.41 Å². The number of H-pyrrole nitrogens is 1. The van der Waals surface area contributed by atoms with Gasteiger partial charge in [0, 0.05) is 11.1 Å². The molecule has 2 N–H and O–H groups in total. The predicted molar refractivity (Wildman–Crippen MR) is 80.9 cm³/mol. The summed E-state index contributed by atoms with van der Waals surface area (Å²) in [4.78, 5) is 26.3. The molecule has 21 heavy (non-hydrogen) atoms. The van der Waals surface area contributed by atoms with Crippen LogP contribution in [0.25, 0.3) is 11.1 Å². The molecule has 1 unspecified atom stereocenters. The first-order valence-electron chi connectivity index (χ1n) is 6.65. The third kappa shape index (κ3) is 2.27. The monoisotopic (exact) mass is 306 g/mol. The number of nitrogens with zero attached hydrogens (tertiary/aromatic N) is 1. The van der Waals surface area contributed by atoms with Gasteiger partial charge in [-0.1, -0.05) is 37.6 Å². The van der Waals surface area contributed by atoms with Crippen LogP contribution in [0.3, 0.4) is 0 Å². The molecule has 1 saturated carbocycles. The summed E-state index contributed by atoms with van der Waals surface area (Å²) in [6.07, 6.45) is 0.784. The van der Waals surface area contributed by atoms with E-state index in [1.807, 2.05) is 13.8 Å². The van der Waals surface area contributed by atoms with Crippen LogP contribution in [0.1, 0.15) is 26.3 Å². The molecule has 0 radical (unpaired) electrons. The van der Waals surface area contributed by atoms with Crippen LogP contribution in [0.5, 0.6) is 5.88 Å². The maximum atomic E-state index is 12.0. The molecule has 1 atom stereocenters. The van der Waals surface area contributed by atoms with E-state index in [1.54, 1.807) is 24.3 Å². The molecule has 1 aromatic heterocycles. The molecule has 0 amide bonds. The zero-order valence-corrected chi connectivity index (χ0v) is 12.4. The Morgan fingerprint density at radius 1 is 1.29 bits per heavy atom. The number of aromatic nitrogens is 2. The van der Waals surface area contributed by atoms with Gasteiger partial charge in [0.25, 0.3) is 5.56 Å². The van der Waals surface area contributed by atoms with E-state index < -0.39 is 11.2 Å². The molecule has 0 spiro atoms. The number of benzene rings is 1. The highest BCUT2D eigenvalue weighted by Gasteiger charge is 2.49. The third-order valence-electron chi connectivity index (χ3n) is 4.02. The normalized spacial score (nSPS) is 19.5. The number of hydrogen-bond acceptors (Lipinski definition) is 3. The standard InChI is InChI=1S/C15H15ClN2O3/c1-15(2)7-10(15)18-13(20)11(12(19)17-14(18)21)8-3-5-9(16)6-4-8/h3-6,10,20H,7H2,1-2H3,(H,17,19,21). The SMILES string of the molecule is CC1(C)CC1n1c(O)c(-c2ccc(Cl)cc2)c(=O)[nH]c1=O. The van der Waals surface area contributed by atoms with Crippen LogP contribution in [0.4, 0.5) is 0 Å². The molecule has 1 fully saturated rings. The van der Waals surface area contributed by atoms with Gasteiger partial charge in [0.15, 0.2) is 0 Å². The van der Waals surface area contributed by atoms with Gasteiger partial charge in [0.1, 0.15) is 5.56 Å². The van der Waals surface area contributed by atoms with Crippen molar-refractivity contribution in [1.29, 1.82) is 0 Å². The molecule has 1 aliphatic carbocycles.